The van der Waals surface area contributed by atoms with Crippen LogP contribution in [0, 0.1) is 0 Å². The fraction of sp³-hybridized carbons (Fsp3) is 0.286. The molecule has 0 spiro atoms. The summed E-state index contributed by atoms with van der Waals surface area (Å²) in [4.78, 5) is 36.6. The maximum absolute atomic E-state index is 12.2. The van der Waals surface area contributed by atoms with E-state index in [9.17, 15) is 14.4 Å². The van der Waals surface area contributed by atoms with E-state index in [2.05, 4.69) is 22.8 Å². The van der Waals surface area contributed by atoms with E-state index in [1.165, 1.54) is 24.3 Å². The van der Waals surface area contributed by atoms with Gasteiger partial charge in [-0.1, -0.05) is 30.3 Å². The average Bonchev–Trinajstić information content (AvgIpc) is 2.64. The Hall–Kier alpha value is -3.15. The second-order valence-corrected chi connectivity index (χ2v) is 6.27. The van der Waals surface area contributed by atoms with Crippen LogP contribution in [0.1, 0.15) is 25.8 Å². The molecule has 27 heavy (non-hydrogen) atoms. The molecular formula is C21H25N3O3. The summed E-state index contributed by atoms with van der Waals surface area (Å²) < 4.78 is 0. The molecule has 0 aliphatic heterocycles. The fourth-order valence-electron chi connectivity index (χ4n) is 2.68. The predicted octanol–water partition coefficient (Wildman–Crippen LogP) is 2.75. The smallest absolute Gasteiger partial charge is 0.240 e. The number of hydrogen-bond donors (Lipinski definition) is 2. The minimum Gasteiger partial charge on any atom is -0.355 e. The predicted molar refractivity (Wildman–Crippen MR) is 107 cm³/mol. The summed E-state index contributed by atoms with van der Waals surface area (Å²) in [6, 6.07) is 16.9. The molecule has 0 aliphatic rings. The molecule has 2 aromatic rings. The molecule has 0 atom stereocenters. The van der Waals surface area contributed by atoms with E-state index in [0.29, 0.717) is 17.9 Å². The van der Waals surface area contributed by atoms with Crippen LogP contribution in [-0.2, 0) is 20.8 Å². The summed E-state index contributed by atoms with van der Waals surface area (Å²) in [6.45, 7) is 3.36. The van der Waals surface area contributed by atoms with E-state index in [1.807, 2.05) is 18.2 Å². The van der Waals surface area contributed by atoms with Gasteiger partial charge in [0.2, 0.25) is 17.7 Å². The Morgan fingerprint density at radius 1 is 0.926 bits per heavy atom. The van der Waals surface area contributed by atoms with Crippen LogP contribution in [0.3, 0.4) is 0 Å². The monoisotopic (exact) mass is 367 g/mol. The van der Waals surface area contributed by atoms with Crippen LogP contribution in [0.2, 0.25) is 0 Å². The minimum absolute atomic E-state index is 0.0415. The molecule has 142 valence electrons. The number of nitrogens with zero attached hydrogens (tertiary/aromatic N) is 1. The average molecular weight is 367 g/mol. The van der Waals surface area contributed by atoms with Gasteiger partial charge in [0.05, 0.1) is 0 Å². The van der Waals surface area contributed by atoms with E-state index < -0.39 is 0 Å². The van der Waals surface area contributed by atoms with Crippen molar-refractivity contribution in [2.75, 3.05) is 23.3 Å². The highest BCUT2D eigenvalue weighted by atomic mass is 16.2. The quantitative estimate of drug-likeness (QED) is 0.704. The lowest BCUT2D eigenvalue weighted by molar-refractivity contribution is -0.123. The number of amides is 3. The van der Waals surface area contributed by atoms with Gasteiger partial charge in [-0.25, -0.2) is 0 Å². The van der Waals surface area contributed by atoms with Gasteiger partial charge in [-0.3, -0.25) is 14.4 Å². The van der Waals surface area contributed by atoms with E-state index in [-0.39, 0.29) is 24.3 Å². The van der Waals surface area contributed by atoms with Crippen molar-refractivity contribution < 1.29 is 14.4 Å². The van der Waals surface area contributed by atoms with Crippen LogP contribution in [0.4, 0.5) is 11.4 Å². The Labute approximate surface area is 159 Å². The first-order chi connectivity index (χ1) is 13.0. The van der Waals surface area contributed by atoms with Crippen molar-refractivity contribution in [1.29, 1.82) is 0 Å². The molecule has 0 saturated heterocycles. The molecule has 6 nitrogen and oxygen atoms in total. The third-order valence-corrected chi connectivity index (χ3v) is 3.99. The van der Waals surface area contributed by atoms with Crippen molar-refractivity contribution in [2.24, 2.45) is 0 Å². The number of anilines is 2. The number of benzene rings is 2. The van der Waals surface area contributed by atoms with E-state index in [0.717, 1.165) is 12.8 Å². The second kappa shape index (κ2) is 10.1. The molecule has 0 heterocycles. The van der Waals surface area contributed by atoms with Crippen LogP contribution >= 0.6 is 0 Å². The van der Waals surface area contributed by atoms with Crippen molar-refractivity contribution in [2.45, 2.75) is 26.7 Å². The normalized spacial score (nSPS) is 10.1. The summed E-state index contributed by atoms with van der Waals surface area (Å²) in [6.07, 6.45) is 1.73. The third kappa shape index (κ3) is 6.93. The molecule has 0 saturated carbocycles. The molecule has 0 aliphatic carbocycles. The first-order valence-electron chi connectivity index (χ1n) is 8.92. The first kappa shape index (κ1) is 20.2. The van der Waals surface area contributed by atoms with Crippen LogP contribution in [0.5, 0.6) is 0 Å². The topological polar surface area (TPSA) is 78.5 Å². The minimum atomic E-state index is -0.221. The largest absolute Gasteiger partial charge is 0.355 e. The van der Waals surface area contributed by atoms with Gasteiger partial charge >= 0.3 is 0 Å². The zero-order valence-corrected chi connectivity index (χ0v) is 15.7. The maximum Gasteiger partial charge on any atom is 0.240 e. The number of carbonyl (C=O) groups is 3. The molecule has 6 heteroatoms. The summed E-state index contributed by atoms with van der Waals surface area (Å²) in [5.74, 6) is -0.591. The van der Waals surface area contributed by atoms with Gasteiger partial charge in [-0.2, -0.15) is 0 Å². The van der Waals surface area contributed by atoms with E-state index in [4.69, 9.17) is 0 Å². The number of rotatable bonds is 8. The summed E-state index contributed by atoms with van der Waals surface area (Å²) in [5, 5.41) is 5.52. The standard InChI is InChI=1S/C21H25N3O3/c1-16(25)23-19-10-12-20(13-11-19)24(17(2)26)15-21(27)22-14-6-9-18-7-4-3-5-8-18/h3-5,7-8,10-13H,6,9,14-15H2,1-2H3,(H,22,27)(H,23,25). The zero-order valence-electron chi connectivity index (χ0n) is 15.7. The summed E-state index contributed by atoms with van der Waals surface area (Å²) in [7, 11) is 0. The van der Waals surface area contributed by atoms with Crippen molar-refractivity contribution in [3.05, 3.63) is 60.2 Å². The van der Waals surface area contributed by atoms with Gasteiger partial charge in [0.25, 0.3) is 0 Å². The Balaban J connectivity index is 1.84. The van der Waals surface area contributed by atoms with Gasteiger partial charge in [0.1, 0.15) is 6.54 Å². The zero-order chi connectivity index (χ0) is 19.6. The van der Waals surface area contributed by atoms with Gasteiger partial charge in [0.15, 0.2) is 0 Å². The van der Waals surface area contributed by atoms with Crippen molar-refractivity contribution in [3.63, 3.8) is 0 Å². The van der Waals surface area contributed by atoms with Gasteiger partial charge < -0.3 is 15.5 Å². The Morgan fingerprint density at radius 2 is 1.59 bits per heavy atom. The Kier molecular flexibility index (Phi) is 7.55. The van der Waals surface area contributed by atoms with Crippen LogP contribution < -0.4 is 15.5 Å². The highest BCUT2D eigenvalue weighted by molar-refractivity contribution is 5.97. The molecule has 2 N–H and O–H groups in total. The molecule has 2 aromatic carbocycles. The fourth-order valence-corrected chi connectivity index (χ4v) is 2.68. The van der Waals surface area contributed by atoms with Crippen LogP contribution in [0.15, 0.2) is 54.6 Å². The van der Waals surface area contributed by atoms with Crippen LogP contribution in [-0.4, -0.2) is 30.8 Å². The highest BCUT2D eigenvalue weighted by Crippen LogP contribution is 2.18. The van der Waals surface area contributed by atoms with Crippen molar-refractivity contribution >= 4 is 29.1 Å². The maximum atomic E-state index is 12.2. The summed E-state index contributed by atoms with van der Waals surface area (Å²) >= 11 is 0. The molecule has 0 fully saturated rings. The van der Waals surface area contributed by atoms with Crippen molar-refractivity contribution in [3.8, 4) is 0 Å². The molecule has 0 radical (unpaired) electrons. The Morgan fingerprint density at radius 3 is 2.19 bits per heavy atom. The molecule has 0 aromatic heterocycles. The van der Waals surface area contributed by atoms with Gasteiger partial charge in [0, 0.05) is 31.8 Å². The van der Waals surface area contributed by atoms with Crippen LogP contribution in [0.25, 0.3) is 0 Å². The van der Waals surface area contributed by atoms with Gasteiger partial charge in [-0.15, -0.1) is 0 Å². The molecule has 0 bridgehead atoms. The highest BCUT2D eigenvalue weighted by Gasteiger charge is 2.15. The molecule has 2 rings (SSSR count). The number of aryl methyl sites for hydroxylation is 1. The SMILES string of the molecule is CC(=O)Nc1ccc(N(CC(=O)NCCCc2ccccc2)C(C)=O)cc1. The lowest BCUT2D eigenvalue weighted by Gasteiger charge is -2.21. The lowest BCUT2D eigenvalue weighted by Crippen LogP contribution is -2.40. The second-order valence-electron chi connectivity index (χ2n) is 6.27. The van der Waals surface area contributed by atoms with E-state index >= 15 is 0 Å². The molecule has 0 unspecified atom stereocenters. The first-order valence-corrected chi connectivity index (χ1v) is 8.92. The number of carbonyl (C=O) groups excluding carboxylic acids is 3. The third-order valence-electron chi connectivity index (χ3n) is 3.99. The number of nitrogens with one attached hydrogen (secondary N) is 2. The van der Waals surface area contributed by atoms with Crippen molar-refractivity contribution in [1.82, 2.24) is 5.32 Å². The lowest BCUT2D eigenvalue weighted by atomic mass is 10.1. The summed E-state index contributed by atoms with van der Waals surface area (Å²) in [5.41, 5.74) is 2.48. The molecule has 3 amide bonds. The Bertz CT molecular complexity index is 773. The number of hydrogen-bond acceptors (Lipinski definition) is 3. The molecular weight excluding hydrogens is 342 g/mol. The van der Waals surface area contributed by atoms with E-state index in [1.54, 1.807) is 24.3 Å². The van der Waals surface area contributed by atoms with Gasteiger partial charge in [-0.05, 0) is 42.7 Å².